The Kier molecular flexibility index (Phi) is 7.13. The highest BCUT2D eigenvalue weighted by Gasteiger charge is 2.39. The van der Waals surface area contributed by atoms with E-state index in [0.717, 1.165) is 36.0 Å². The lowest BCUT2D eigenvalue weighted by Crippen LogP contribution is -2.42. The van der Waals surface area contributed by atoms with E-state index in [1.165, 1.54) is 6.92 Å². The molecule has 3 N–H and O–H groups in total. The van der Waals surface area contributed by atoms with Crippen LogP contribution >= 0.6 is 0 Å². The number of fused-ring (bicyclic) bond motifs is 1. The van der Waals surface area contributed by atoms with E-state index in [4.69, 9.17) is 10.2 Å². The summed E-state index contributed by atoms with van der Waals surface area (Å²) in [5.74, 6) is -0.637. The van der Waals surface area contributed by atoms with E-state index < -0.39 is 14.2 Å². The smallest absolute Gasteiger partial charge is 0.268 e. The second-order valence-electron chi connectivity index (χ2n) is 10.0. The van der Waals surface area contributed by atoms with Crippen molar-refractivity contribution in [1.29, 1.82) is 0 Å². The Hall–Kier alpha value is -2.91. The summed E-state index contributed by atoms with van der Waals surface area (Å²) in [7, 11) is -2.06. The van der Waals surface area contributed by atoms with Crippen LogP contribution in [0.25, 0.3) is 10.9 Å². The van der Waals surface area contributed by atoms with Crippen molar-refractivity contribution in [3.05, 3.63) is 48.7 Å². The molecule has 3 aromatic rings. The van der Waals surface area contributed by atoms with Crippen LogP contribution in [-0.4, -0.2) is 34.2 Å². The number of nitrogens with zero attached hydrogens (tertiary/aromatic N) is 3. The first-order valence-corrected chi connectivity index (χ1v) is 14.2. The number of nitrogens with one attached hydrogen (secondary N) is 1. The van der Waals surface area contributed by atoms with Gasteiger partial charge in [-0.25, -0.2) is 4.98 Å². The highest BCUT2D eigenvalue weighted by Crippen LogP contribution is 2.39. The van der Waals surface area contributed by atoms with Gasteiger partial charge in [-0.15, -0.1) is 0 Å². The molecule has 0 aliphatic heterocycles. The van der Waals surface area contributed by atoms with Crippen molar-refractivity contribution in [3.8, 4) is 0 Å². The van der Waals surface area contributed by atoms with Crippen LogP contribution < -0.4 is 11.1 Å². The van der Waals surface area contributed by atoms with E-state index in [1.807, 2.05) is 22.8 Å². The van der Waals surface area contributed by atoms with E-state index in [0.29, 0.717) is 0 Å². The van der Waals surface area contributed by atoms with Crippen molar-refractivity contribution in [2.24, 2.45) is 5.73 Å². The van der Waals surface area contributed by atoms with Crippen LogP contribution in [0.5, 0.6) is 0 Å². The van der Waals surface area contributed by atoms with Crippen LogP contribution in [-0.2, 0) is 15.8 Å². The maximum atomic E-state index is 11.6. The number of hydrogen-bond donors (Lipinski definition) is 2. The minimum atomic E-state index is -2.06. The molecule has 3 rings (SSSR count). The van der Waals surface area contributed by atoms with Crippen molar-refractivity contribution in [1.82, 2.24) is 14.1 Å². The lowest BCUT2D eigenvalue weighted by molar-refractivity contribution is -0.114. The zero-order valence-electron chi connectivity index (χ0n) is 20.4. The maximum absolute atomic E-state index is 11.6. The number of primary amides is 1. The Morgan fingerprint density at radius 2 is 1.97 bits per heavy atom. The Balaban J connectivity index is 1.77. The fourth-order valence-electron chi connectivity index (χ4n) is 3.50. The highest BCUT2D eigenvalue weighted by molar-refractivity contribution is 6.74. The third-order valence-corrected chi connectivity index (χ3v) is 10.8. The van der Waals surface area contributed by atoms with Gasteiger partial charge in [-0.1, -0.05) is 26.8 Å². The molecule has 8 nitrogen and oxygen atoms in total. The third-order valence-electron chi connectivity index (χ3n) is 6.37. The van der Waals surface area contributed by atoms with Gasteiger partial charge in [0.05, 0.1) is 11.8 Å². The highest BCUT2D eigenvalue weighted by atomic mass is 28.4. The molecule has 0 fully saturated rings. The molecule has 0 radical (unpaired) electrons. The number of amides is 2. The molecule has 1 aromatic carbocycles. The molecular weight excluding hydrogens is 434 g/mol. The Morgan fingerprint density at radius 3 is 2.58 bits per heavy atom. The molecule has 0 bridgehead atoms. The summed E-state index contributed by atoms with van der Waals surface area (Å²) in [5, 5.41) is 4.02. The first kappa shape index (κ1) is 24.7. The molecule has 0 saturated carbocycles. The third kappa shape index (κ3) is 5.91. The van der Waals surface area contributed by atoms with E-state index >= 15 is 0 Å². The predicted molar refractivity (Wildman–Crippen MR) is 134 cm³/mol. The Bertz CT molecular complexity index is 1140. The number of imidazole rings is 1. The molecule has 0 aliphatic rings. The molecule has 178 valence electrons. The Labute approximate surface area is 196 Å². The van der Waals surface area contributed by atoms with Crippen LogP contribution in [0.4, 0.5) is 5.69 Å². The number of carbonyl (C=O) groups excluding carboxylic acids is 2. The molecule has 0 saturated heterocycles. The van der Waals surface area contributed by atoms with Crippen molar-refractivity contribution in [3.63, 3.8) is 0 Å². The van der Waals surface area contributed by atoms with Crippen molar-refractivity contribution >= 4 is 36.7 Å². The van der Waals surface area contributed by atoms with E-state index in [9.17, 15) is 9.59 Å². The van der Waals surface area contributed by atoms with Gasteiger partial charge < -0.3 is 24.6 Å². The minimum absolute atomic E-state index is 0.0507. The molecule has 0 aliphatic carbocycles. The summed E-state index contributed by atoms with van der Waals surface area (Å²) in [6.45, 7) is 13.4. The van der Waals surface area contributed by atoms with Crippen LogP contribution in [0.1, 0.15) is 57.3 Å². The monoisotopic (exact) mass is 469 g/mol. The number of rotatable bonds is 9. The molecule has 33 heavy (non-hydrogen) atoms. The molecule has 9 heteroatoms. The van der Waals surface area contributed by atoms with Crippen molar-refractivity contribution < 1.29 is 14.0 Å². The lowest BCUT2D eigenvalue weighted by Gasteiger charge is -2.39. The minimum Gasteiger partial charge on any atom is -0.397 e. The number of nitrogens with two attached hydrogens (primary N) is 1. The number of anilines is 1. The average Bonchev–Trinajstić information content (AvgIpc) is 3.33. The lowest BCUT2D eigenvalue weighted by atomic mass is 10.2. The van der Waals surface area contributed by atoms with E-state index in [1.54, 1.807) is 12.5 Å². The summed E-state index contributed by atoms with van der Waals surface area (Å²) in [4.78, 5) is 27.1. The number of aryl methyl sites for hydroxylation is 1. The number of aromatic nitrogens is 3. The fourth-order valence-corrected chi connectivity index (χ4v) is 4.78. The number of benzene rings is 1. The zero-order valence-corrected chi connectivity index (χ0v) is 21.4. The molecule has 0 spiro atoms. The first-order chi connectivity index (χ1) is 15.4. The topological polar surface area (TPSA) is 104 Å². The predicted octanol–water partition coefficient (Wildman–Crippen LogP) is 4.90. The zero-order chi connectivity index (χ0) is 24.4. The van der Waals surface area contributed by atoms with E-state index in [-0.39, 0.29) is 22.9 Å². The van der Waals surface area contributed by atoms with Gasteiger partial charge in [0.15, 0.2) is 8.32 Å². The maximum Gasteiger partial charge on any atom is 0.268 e. The quantitative estimate of drug-likeness (QED) is 0.435. The normalized spacial score (nSPS) is 13.3. The number of carbonyl (C=O) groups is 2. The first-order valence-electron chi connectivity index (χ1n) is 11.2. The van der Waals surface area contributed by atoms with Crippen molar-refractivity contribution in [2.45, 2.75) is 71.4 Å². The second kappa shape index (κ2) is 9.52. The molecule has 1 atom stereocenters. The molecule has 1 unspecified atom stereocenters. The molecule has 2 aromatic heterocycles. The van der Waals surface area contributed by atoms with Gasteiger partial charge in [0, 0.05) is 31.5 Å². The number of hydrogen-bond acceptors (Lipinski definition) is 4. The summed E-state index contributed by atoms with van der Waals surface area (Å²) < 4.78 is 10.8. The average molecular weight is 470 g/mol. The second-order valence-corrected chi connectivity index (χ2v) is 14.8. The largest absolute Gasteiger partial charge is 0.397 e. The van der Waals surface area contributed by atoms with E-state index in [2.05, 4.69) is 61.0 Å². The van der Waals surface area contributed by atoms with Crippen LogP contribution in [0, 0.1) is 0 Å². The Morgan fingerprint density at radius 1 is 1.24 bits per heavy atom. The van der Waals surface area contributed by atoms with Gasteiger partial charge in [0.1, 0.15) is 11.9 Å². The van der Waals surface area contributed by atoms with Gasteiger partial charge in [-0.3, -0.25) is 9.59 Å². The van der Waals surface area contributed by atoms with Crippen LogP contribution in [0.3, 0.4) is 0 Å². The summed E-state index contributed by atoms with van der Waals surface area (Å²) in [6, 6.07) is 7.99. The molecule has 2 heterocycles. The summed E-state index contributed by atoms with van der Waals surface area (Å²) in [5.41, 5.74) is 7.50. The van der Waals surface area contributed by atoms with Gasteiger partial charge in [-0.2, -0.15) is 0 Å². The summed E-state index contributed by atoms with van der Waals surface area (Å²) in [6.07, 6.45) is 6.74. The van der Waals surface area contributed by atoms with Crippen LogP contribution in [0.15, 0.2) is 43.0 Å². The van der Waals surface area contributed by atoms with Gasteiger partial charge >= 0.3 is 0 Å². The fraction of sp³-hybridized carbons (Fsp3) is 0.458. The summed E-state index contributed by atoms with van der Waals surface area (Å²) >= 11 is 0. The van der Waals surface area contributed by atoms with Gasteiger partial charge in [-0.05, 0) is 54.6 Å². The molecule has 2 amide bonds. The van der Waals surface area contributed by atoms with Gasteiger partial charge in [0.2, 0.25) is 5.91 Å². The molecular formula is C24H35N5O3Si. The van der Waals surface area contributed by atoms with Gasteiger partial charge in [0.25, 0.3) is 5.91 Å². The SMILES string of the molecule is CC(=O)Nc1ccc2ccn(CCCC(O[Si](C)(C)C(C)(C)C)n3cnc(C(N)=O)c3)c2c1. The van der Waals surface area contributed by atoms with Crippen LogP contribution in [0.2, 0.25) is 18.1 Å². The standard InChI is InChI=1S/C24H35N5O3Si/c1-17(30)27-19-10-9-18-11-13-28(21(18)14-19)12-7-8-22(32-33(5,6)24(2,3)4)29-15-20(23(25)31)26-16-29/h9-11,13-16,22H,7-8,12H2,1-6H3,(H2,25,31)(H,27,30). The van der Waals surface area contributed by atoms with Crippen molar-refractivity contribution in [2.75, 3.05) is 5.32 Å².